The smallest absolute Gasteiger partial charge is 0.310 e. The number of aromatic amines is 1. The molecule has 0 spiro atoms. The predicted octanol–water partition coefficient (Wildman–Crippen LogP) is 4.17. The second kappa shape index (κ2) is 7.39. The SMILES string of the molecule is CCC(=O)Oc1ccc(-c2nc3ccc(C)cc3[nH]2)c(OC(=O)CC)c1. The molecule has 3 aromatic rings. The number of H-pyrrole nitrogens is 1. The van der Waals surface area contributed by atoms with Crippen molar-refractivity contribution in [1.82, 2.24) is 9.97 Å². The van der Waals surface area contributed by atoms with E-state index in [1.807, 2.05) is 25.1 Å². The van der Waals surface area contributed by atoms with Gasteiger partial charge >= 0.3 is 11.9 Å². The van der Waals surface area contributed by atoms with E-state index in [9.17, 15) is 9.59 Å². The molecule has 0 aliphatic heterocycles. The van der Waals surface area contributed by atoms with Crippen LogP contribution in [0.25, 0.3) is 22.4 Å². The van der Waals surface area contributed by atoms with Gasteiger partial charge in [-0.2, -0.15) is 0 Å². The lowest BCUT2D eigenvalue weighted by Gasteiger charge is -2.10. The first-order chi connectivity index (χ1) is 12.5. The Morgan fingerprint density at radius 2 is 1.73 bits per heavy atom. The number of aryl methyl sites for hydroxylation is 1. The molecular weight excluding hydrogens is 332 g/mol. The van der Waals surface area contributed by atoms with E-state index in [0.29, 0.717) is 22.9 Å². The number of hydrogen-bond acceptors (Lipinski definition) is 5. The maximum atomic E-state index is 11.8. The van der Waals surface area contributed by atoms with Crippen LogP contribution in [0.1, 0.15) is 32.3 Å². The van der Waals surface area contributed by atoms with Gasteiger partial charge in [0.1, 0.15) is 17.3 Å². The summed E-state index contributed by atoms with van der Waals surface area (Å²) >= 11 is 0. The zero-order chi connectivity index (χ0) is 18.7. The lowest BCUT2D eigenvalue weighted by molar-refractivity contribution is -0.134. The van der Waals surface area contributed by atoms with Gasteiger partial charge in [-0.05, 0) is 36.8 Å². The molecule has 0 saturated carbocycles. The maximum absolute atomic E-state index is 11.8. The molecule has 0 unspecified atom stereocenters. The Morgan fingerprint density at radius 1 is 1.00 bits per heavy atom. The third-order valence-electron chi connectivity index (χ3n) is 3.88. The third-order valence-corrected chi connectivity index (χ3v) is 3.88. The number of nitrogens with zero attached hydrogens (tertiary/aromatic N) is 1. The highest BCUT2D eigenvalue weighted by Gasteiger charge is 2.16. The minimum Gasteiger partial charge on any atom is -0.426 e. The molecule has 0 aliphatic carbocycles. The zero-order valence-electron chi connectivity index (χ0n) is 15.0. The first-order valence-corrected chi connectivity index (χ1v) is 8.52. The lowest BCUT2D eigenvalue weighted by atomic mass is 10.2. The van der Waals surface area contributed by atoms with E-state index in [2.05, 4.69) is 9.97 Å². The normalized spacial score (nSPS) is 10.7. The van der Waals surface area contributed by atoms with Crippen LogP contribution >= 0.6 is 0 Å². The van der Waals surface area contributed by atoms with Crippen molar-refractivity contribution in [2.24, 2.45) is 0 Å². The van der Waals surface area contributed by atoms with Crippen LogP contribution in [0, 0.1) is 6.92 Å². The second-order valence-corrected chi connectivity index (χ2v) is 5.92. The Labute approximate surface area is 151 Å². The van der Waals surface area contributed by atoms with E-state index in [1.165, 1.54) is 6.07 Å². The number of fused-ring (bicyclic) bond motifs is 1. The van der Waals surface area contributed by atoms with Gasteiger partial charge in [0.25, 0.3) is 0 Å². The molecule has 6 nitrogen and oxygen atoms in total. The van der Waals surface area contributed by atoms with Crippen LogP contribution in [0.5, 0.6) is 11.5 Å². The third kappa shape index (κ3) is 3.74. The van der Waals surface area contributed by atoms with Crippen molar-refractivity contribution in [2.45, 2.75) is 33.6 Å². The van der Waals surface area contributed by atoms with Crippen molar-refractivity contribution in [2.75, 3.05) is 0 Å². The van der Waals surface area contributed by atoms with Gasteiger partial charge in [0, 0.05) is 18.9 Å². The number of benzene rings is 2. The van der Waals surface area contributed by atoms with Crippen LogP contribution in [-0.2, 0) is 9.59 Å². The summed E-state index contributed by atoms with van der Waals surface area (Å²) in [5.74, 6) is 0.472. The molecule has 0 saturated heterocycles. The summed E-state index contributed by atoms with van der Waals surface area (Å²) in [5.41, 5.74) is 3.46. The van der Waals surface area contributed by atoms with E-state index in [-0.39, 0.29) is 24.8 Å². The summed E-state index contributed by atoms with van der Waals surface area (Å²) in [6.45, 7) is 5.43. The predicted molar refractivity (Wildman–Crippen MR) is 98.1 cm³/mol. The summed E-state index contributed by atoms with van der Waals surface area (Å²) in [6.07, 6.45) is 0.493. The Bertz CT molecular complexity index is 975. The van der Waals surface area contributed by atoms with Crippen LogP contribution < -0.4 is 9.47 Å². The van der Waals surface area contributed by atoms with Gasteiger partial charge in [0.2, 0.25) is 0 Å². The van der Waals surface area contributed by atoms with E-state index >= 15 is 0 Å². The van der Waals surface area contributed by atoms with E-state index in [4.69, 9.17) is 9.47 Å². The number of carbonyl (C=O) groups excluding carboxylic acids is 2. The molecule has 2 aromatic carbocycles. The van der Waals surface area contributed by atoms with Gasteiger partial charge < -0.3 is 14.5 Å². The quantitative estimate of drug-likeness (QED) is 0.550. The number of imidazole rings is 1. The summed E-state index contributed by atoms with van der Waals surface area (Å²) in [6, 6.07) is 10.8. The number of hydrogen-bond donors (Lipinski definition) is 1. The number of aromatic nitrogens is 2. The molecule has 0 radical (unpaired) electrons. The van der Waals surface area contributed by atoms with Crippen molar-refractivity contribution in [3.05, 3.63) is 42.0 Å². The van der Waals surface area contributed by atoms with Gasteiger partial charge in [-0.15, -0.1) is 0 Å². The Morgan fingerprint density at radius 3 is 2.46 bits per heavy atom. The van der Waals surface area contributed by atoms with Gasteiger partial charge in [0.05, 0.1) is 16.6 Å². The Balaban J connectivity index is 2.05. The van der Waals surface area contributed by atoms with Crippen molar-refractivity contribution in [1.29, 1.82) is 0 Å². The van der Waals surface area contributed by atoms with E-state index in [0.717, 1.165) is 16.6 Å². The summed E-state index contributed by atoms with van der Waals surface area (Å²) in [5, 5.41) is 0. The fourth-order valence-electron chi connectivity index (χ4n) is 2.50. The molecule has 1 N–H and O–H groups in total. The van der Waals surface area contributed by atoms with Crippen molar-refractivity contribution in [3.63, 3.8) is 0 Å². The number of esters is 2. The maximum Gasteiger partial charge on any atom is 0.310 e. The first-order valence-electron chi connectivity index (χ1n) is 8.52. The van der Waals surface area contributed by atoms with Crippen molar-refractivity contribution in [3.8, 4) is 22.9 Å². The highest BCUT2D eigenvalue weighted by molar-refractivity contribution is 5.83. The molecule has 3 rings (SSSR count). The number of carbonyl (C=O) groups is 2. The first kappa shape index (κ1) is 17.7. The monoisotopic (exact) mass is 352 g/mol. The van der Waals surface area contributed by atoms with Gasteiger partial charge in [-0.3, -0.25) is 9.59 Å². The lowest BCUT2D eigenvalue weighted by Crippen LogP contribution is -2.08. The molecule has 0 bridgehead atoms. The molecule has 26 heavy (non-hydrogen) atoms. The number of nitrogens with one attached hydrogen (secondary N) is 1. The average molecular weight is 352 g/mol. The van der Waals surface area contributed by atoms with Crippen LogP contribution in [0.3, 0.4) is 0 Å². The summed E-state index contributed by atoms with van der Waals surface area (Å²) in [7, 11) is 0. The fraction of sp³-hybridized carbons (Fsp3) is 0.250. The molecule has 0 atom stereocenters. The van der Waals surface area contributed by atoms with Crippen LogP contribution in [-0.4, -0.2) is 21.9 Å². The standard InChI is InChI=1S/C20H20N2O4/c1-4-18(23)25-13-7-8-14(17(11-13)26-19(24)5-2)20-21-15-9-6-12(3)10-16(15)22-20/h6-11H,4-5H2,1-3H3,(H,21,22). The molecule has 0 fully saturated rings. The van der Waals surface area contributed by atoms with Crippen LogP contribution in [0.4, 0.5) is 0 Å². The van der Waals surface area contributed by atoms with Crippen LogP contribution in [0.15, 0.2) is 36.4 Å². The molecule has 134 valence electrons. The average Bonchev–Trinajstić information content (AvgIpc) is 3.04. The number of ether oxygens (including phenoxy) is 2. The second-order valence-electron chi connectivity index (χ2n) is 5.92. The highest BCUT2D eigenvalue weighted by atomic mass is 16.5. The minimum atomic E-state index is -0.378. The summed E-state index contributed by atoms with van der Waals surface area (Å²) < 4.78 is 10.7. The topological polar surface area (TPSA) is 81.3 Å². The minimum absolute atomic E-state index is 0.234. The highest BCUT2D eigenvalue weighted by Crippen LogP contribution is 2.33. The summed E-state index contributed by atoms with van der Waals surface area (Å²) in [4.78, 5) is 31.2. The molecule has 6 heteroatoms. The molecule has 0 amide bonds. The van der Waals surface area contributed by atoms with Crippen molar-refractivity contribution < 1.29 is 19.1 Å². The fourth-order valence-corrected chi connectivity index (χ4v) is 2.50. The van der Waals surface area contributed by atoms with Gasteiger partial charge in [0.15, 0.2) is 0 Å². The van der Waals surface area contributed by atoms with E-state index in [1.54, 1.807) is 26.0 Å². The molecule has 1 aromatic heterocycles. The molecule has 1 heterocycles. The van der Waals surface area contributed by atoms with Gasteiger partial charge in [-0.25, -0.2) is 4.98 Å². The molecular formula is C20H20N2O4. The van der Waals surface area contributed by atoms with E-state index < -0.39 is 0 Å². The molecule has 0 aliphatic rings. The Kier molecular flexibility index (Phi) is 5.02. The zero-order valence-corrected chi connectivity index (χ0v) is 15.0. The van der Waals surface area contributed by atoms with Crippen LogP contribution in [0.2, 0.25) is 0 Å². The largest absolute Gasteiger partial charge is 0.426 e. The van der Waals surface area contributed by atoms with Crippen molar-refractivity contribution >= 4 is 23.0 Å². The Hall–Kier alpha value is -3.15. The van der Waals surface area contributed by atoms with Gasteiger partial charge in [-0.1, -0.05) is 19.9 Å². The number of rotatable bonds is 5.